The summed E-state index contributed by atoms with van der Waals surface area (Å²) >= 11 is 0. The molecule has 0 aliphatic carbocycles. The van der Waals surface area contributed by atoms with E-state index in [1.807, 2.05) is 0 Å². The van der Waals surface area contributed by atoms with Crippen molar-refractivity contribution in [3.05, 3.63) is 0 Å². The summed E-state index contributed by atoms with van der Waals surface area (Å²) in [5.41, 5.74) is 6.88. The molecule has 0 saturated heterocycles. The first-order chi connectivity index (χ1) is 8.92. The molecule has 0 rings (SSSR count). The summed E-state index contributed by atoms with van der Waals surface area (Å²) in [6.45, 7) is 0. The third-order valence-corrected chi connectivity index (χ3v) is 2.86. The first-order valence-corrected chi connectivity index (χ1v) is 5.37. The van der Waals surface area contributed by atoms with Gasteiger partial charge in [-0.3, -0.25) is 19.2 Å². The van der Waals surface area contributed by atoms with Crippen LogP contribution in [0.1, 0.15) is 25.7 Å². The van der Waals surface area contributed by atoms with Gasteiger partial charge in [0.25, 0.3) is 0 Å². The summed E-state index contributed by atoms with van der Waals surface area (Å²) in [5, 5.41) is 35.1. The van der Waals surface area contributed by atoms with E-state index in [9.17, 15) is 19.2 Å². The van der Waals surface area contributed by atoms with Gasteiger partial charge in [0.05, 0.1) is 36.8 Å². The van der Waals surface area contributed by atoms with Crippen molar-refractivity contribution in [2.45, 2.75) is 36.8 Å². The molecule has 0 aliphatic rings. The molecule has 13 heteroatoms. The average molecular weight is 363 g/mol. The molecule has 0 unspecified atom stereocenters. The molecule has 0 aromatic carbocycles. The molecule has 8 N–H and O–H groups in total. The van der Waals surface area contributed by atoms with Gasteiger partial charge in [0.1, 0.15) is 0 Å². The fourth-order valence-corrected chi connectivity index (χ4v) is 1.91. The van der Waals surface area contributed by atoms with Crippen molar-refractivity contribution in [1.29, 1.82) is 0 Å². The predicted octanol–water partition coefficient (Wildman–Crippen LogP) is -8.09. The minimum Gasteiger partial charge on any atom is -0.481 e. The van der Waals surface area contributed by atoms with Crippen molar-refractivity contribution >= 4 is 46.9 Å². The zero-order valence-corrected chi connectivity index (χ0v) is 18.5. The molecule has 23 heavy (non-hydrogen) atoms. The van der Waals surface area contributed by atoms with Gasteiger partial charge in [0.2, 0.25) is 0 Å². The number of carbonyl (C=O) groups is 4. The average Bonchev–Trinajstić information content (AvgIpc) is 2.10. The molecule has 10 nitrogen and oxygen atoms in total. The zero-order valence-electron chi connectivity index (χ0n) is 13.1. The van der Waals surface area contributed by atoms with Crippen molar-refractivity contribution in [1.82, 2.24) is 0 Å². The molecule has 0 aliphatic heterocycles. The monoisotopic (exact) mass is 362 g/mol. The van der Waals surface area contributed by atoms with Crippen LogP contribution in [0.5, 0.6) is 0 Å². The van der Waals surface area contributed by atoms with Crippen LogP contribution in [0.3, 0.4) is 0 Å². The standard InChI is InChI=1S/C10H16N2O8.Mg.2Na/c11-9(1-5(13)14,2-6(15)16)10(12,3-7(17)18)4-8(19)20;;;/h1-4,11-12H2,(H,13,14)(H,15,16)(H,17,18)(H,19,20);;;/q;+2;2*+1. The van der Waals surface area contributed by atoms with E-state index in [4.69, 9.17) is 31.9 Å². The van der Waals surface area contributed by atoms with Crippen LogP contribution in [0, 0.1) is 0 Å². The van der Waals surface area contributed by atoms with Crippen molar-refractivity contribution in [3.8, 4) is 0 Å². The van der Waals surface area contributed by atoms with E-state index in [1.165, 1.54) is 0 Å². The second-order valence-electron chi connectivity index (χ2n) is 4.59. The second kappa shape index (κ2) is 12.9. The smallest absolute Gasteiger partial charge is 0.481 e. The molecule has 114 valence electrons. The minimum absolute atomic E-state index is 0. The van der Waals surface area contributed by atoms with Crippen molar-refractivity contribution < 1.29 is 98.7 Å². The van der Waals surface area contributed by atoms with Gasteiger partial charge in [-0.05, 0) is 0 Å². The molecule has 0 fully saturated rings. The quantitative estimate of drug-likeness (QED) is 0.214. The van der Waals surface area contributed by atoms with Gasteiger partial charge in [-0.25, -0.2) is 0 Å². The molecule has 0 aromatic rings. The number of aliphatic carboxylic acids is 4. The first kappa shape index (κ1) is 31.3. The van der Waals surface area contributed by atoms with Gasteiger partial charge >= 0.3 is 106 Å². The molecule has 0 atom stereocenters. The molecule has 0 bridgehead atoms. The van der Waals surface area contributed by atoms with Crippen LogP contribution in [0.15, 0.2) is 0 Å². The number of nitrogens with two attached hydrogens (primary N) is 2. The summed E-state index contributed by atoms with van der Waals surface area (Å²) in [5.74, 6) is -6.06. The van der Waals surface area contributed by atoms with Crippen LogP contribution in [0.2, 0.25) is 0 Å². The third kappa shape index (κ3) is 10.9. The Bertz CT molecular complexity index is 377. The second-order valence-corrected chi connectivity index (χ2v) is 4.59. The Balaban J connectivity index is -0.000000602. The first-order valence-electron chi connectivity index (χ1n) is 5.37. The number of hydrogen-bond acceptors (Lipinski definition) is 6. The molecule has 0 aromatic heterocycles. The van der Waals surface area contributed by atoms with E-state index >= 15 is 0 Å². The summed E-state index contributed by atoms with van der Waals surface area (Å²) < 4.78 is 0. The Morgan fingerprint density at radius 3 is 0.826 bits per heavy atom. The van der Waals surface area contributed by atoms with Gasteiger partial charge in [-0.15, -0.1) is 0 Å². The fourth-order valence-electron chi connectivity index (χ4n) is 1.91. The van der Waals surface area contributed by atoms with Gasteiger partial charge in [0.15, 0.2) is 0 Å². The fraction of sp³-hybridized carbons (Fsp3) is 0.600. The number of rotatable bonds is 9. The summed E-state index contributed by atoms with van der Waals surface area (Å²) in [7, 11) is 0. The van der Waals surface area contributed by atoms with E-state index in [0.717, 1.165) is 0 Å². The minimum atomic E-state index is -2.22. The summed E-state index contributed by atoms with van der Waals surface area (Å²) in [6, 6.07) is 0. The SMILES string of the molecule is NC(CC(=O)O)(CC(=O)O)C(N)(CC(=O)O)CC(=O)O.[Mg+2].[Na+].[Na+]. The van der Waals surface area contributed by atoms with Crippen LogP contribution in [-0.2, 0) is 19.2 Å². The Morgan fingerprint density at radius 2 is 0.739 bits per heavy atom. The molecule has 0 spiro atoms. The van der Waals surface area contributed by atoms with Crippen LogP contribution >= 0.6 is 0 Å². The van der Waals surface area contributed by atoms with Crippen LogP contribution in [-0.4, -0.2) is 78.4 Å². The maximum absolute atomic E-state index is 10.8. The Hall–Kier alpha value is 0.566. The molecule has 0 amide bonds. The largest absolute Gasteiger partial charge is 2.00 e. The molecule has 0 saturated carbocycles. The summed E-state index contributed by atoms with van der Waals surface area (Å²) in [6.07, 6.45) is -3.90. The zero-order chi connectivity index (χ0) is 16.1. The van der Waals surface area contributed by atoms with E-state index in [0.29, 0.717) is 0 Å². The third-order valence-electron chi connectivity index (χ3n) is 2.86. The van der Waals surface area contributed by atoms with Crippen LogP contribution in [0.4, 0.5) is 0 Å². The topological polar surface area (TPSA) is 201 Å². The van der Waals surface area contributed by atoms with Crippen LogP contribution in [0.25, 0.3) is 0 Å². The normalized spacial score (nSPS) is 10.3. The van der Waals surface area contributed by atoms with Gasteiger partial charge < -0.3 is 31.9 Å². The molecule has 0 radical (unpaired) electrons. The molecular formula is C10H16MgN2Na2O8+4. The molecule has 0 heterocycles. The maximum Gasteiger partial charge on any atom is 2.00 e. The van der Waals surface area contributed by atoms with Crippen LogP contribution < -0.4 is 70.6 Å². The van der Waals surface area contributed by atoms with E-state index in [2.05, 4.69) is 0 Å². The Kier molecular flexibility index (Phi) is 17.5. The van der Waals surface area contributed by atoms with Crippen molar-refractivity contribution in [2.75, 3.05) is 0 Å². The Morgan fingerprint density at radius 1 is 0.609 bits per heavy atom. The van der Waals surface area contributed by atoms with Gasteiger partial charge in [-0.2, -0.15) is 0 Å². The number of carboxylic acids is 4. The van der Waals surface area contributed by atoms with Crippen molar-refractivity contribution in [3.63, 3.8) is 0 Å². The maximum atomic E-state index is 10.8. The molecular weight excluding hydrogens is 346 g/mol. The number of carboxylic acid groups (broad SMARTS) is 4. The van der Waals surface area contributed by atoms with Gasteiger partial charge in [0, 0.05) is 0 Å². The van der Waals surface area contributed by atoms with Crippen molar-refractivity contribution in [2.24, 2.45) is 11.5 Å². The van der Waals surface area contributed by atoms with E-state index < -0.39 is 60.6 Å². The Labute approximate surface area is 192 Å². The summed E-state index contributed by atoms with van der Waals surface area (Å²) in [4.78, 5) is 43.2. The van der Waals surface area contributed by atoms with E-state index in [1.54, 1.807) is 0 Å². The predicted molar refractivity (Wildman–Crippen MR) is 68.6 cm³/mol. The van der Waals surface area contributed by atoms with Gasteiger partial charge in [-0.1, -0.05) is 0 Å². The van der Waals surface area contributed by atoms with E-state index in [-0.39, 0.29) is 82.2 Å². The number of hydrogen-bond donors (Lipinski definition) is 6.